The first-order chi connectivity index (χ1) is 4.43. The molecule has 1 rings (SSSR count). The number of hydrogen-bond donors (Lipinski definition) is 0. The fourth-order valence-electron chi connectivity index (χ4n) is 0.781. The van der Waals surface area contributed by atoms with E-state index in [0.29, 0.717) is 0 Å². The maximum atomic E-state index is 3.66. The molecule has 1 heteroatoms. The van der Waals surface area contributed by atoms with Crippen molar-refractivity contribution in [1.29, 1.82) is 0 Å². The van der Waals surface area contributed by atoms with Gasteiger partial charge in [-0.2, -0.15) is 0 Å². The summed E-state index contributed by atoms with van der Waals surface area (Å²) in [6, 6.07) is 10.3. The largest absolute Gasteiger partial charge is 2.00 e. The summed E-state index contributed by atoms with van der Waals surface area (Å²) >= 11 is 0. The molecule has 0 atom stereocenters. The van der Waals surface area contributed by atoms with Gasteiger partial charge >= 0.3 is 48.9 Å². The normalized spacial score (nSPS) is 8.00. The van der Waals surface area contributed by atoms with Crippen LogP contribution in [0.15, 0.2) is 43.0 Å². The molecular formula is C9H12Ba. The smallest absolute Gasteiger partial charge is 1.00 e. The Bertz CT molecular complexity index is 187. The Balaban J connectivity index is -0.000000270. The molecule has 0 bridgehead atoms. The van der Waals surface area contributed by atoms with Gasteiger partial charge in [0.25, 0.3) is 0 Å². The summed E-state index contributed by atoms with van der Waals surface area (Å²) in [4.78, 5) is 0. The second-order valence-electron chi connectivity index (χ2n) is 1.98. The number of rotatable bonds is 2. The zero-order chi connectivity index (χ0) is 6.53. The van der Waals surface area contributed by atoms with Crippen LogP contribution >= 0.6 is 0 Å². The van der Waals surface area contributed by atoms with E-state index in [0.717, 1.165) is 6.42 Å². The van der Waals surface area contributed by atoms with E-state index in [1.165, 1.54) is 5.56 Å². The van der Waals surface area contributed by atoms with E-state index < -0.39 is 0 Å². The van der Waals surface area contributed by atoms with Gasteiger partial charge in [-0.25, -0.2) is 0 Å². The van der Waals surface area contributed by atoms with E-state index in [4.69, 9.17) is 0 Å². The van der Waals surface area contributed by atoms with Crippen molar-refractivity contribution in [1.82, 2.24) is 0 Å². The van der Waals surface area contributed by atoms with Crippen molar-refractivity contribution < 1.29 is 2.85 Å². The maximum Gasteiger partial charge on any atom is 2.00 e. The number of hydrogen-bond acceptors (Lipinski definition) is 0. The van der Waals surface area contributed by atoms with E-state index in [2.05, 4.69) is 18.7 Å². The van der Waals surface area contributed by atoms with E-state index in [1.807, 2.05) is 24.3 Å². The average molecular weight is 258 g/mol. The van der Waals surface area contributed by atoms with Crippen LogP contribution in [0.4, 0.5) is 0 Å². The summed E-state index contributed by atoms with van der Waals surface area (Å²) < 4.78 is 0. The van der Waals surface area contributed by atoms with Gasteiger partial charge in [0.15, 0.2) is 0 Å². The zero-order valence-electron chi connectivity index (χ0n) is 8.09. The molecular weight excluding hydrogens is 245 g/mol. The Morgan fingerprint density at radius 3 is 2.40 bits per heavy atom. The average Bonchev–Trinajstić information content (AvgIpc) is 1.91. The Morgan fingerprint density at radius 2 is 1.90 bits per heavy atom. The van der Waals surface area contributed by atoms with Gasteiger partial charge in [-0.15, -0.1) is 6.58 Å². The summed E-state index contributed by atoms with van der Waals surface area (Å²) in [5, 5.41) is 0. The van der Waals surface area contributed by atoms with Crippen LogP contribution < -0.4 is 0 Å². The molecule has 0 aliphatic carbocycles. The zero-order valence-corrected chi connectivity index (χ0v) is 10.5. The summed E-state index contributed by atoms with van der Waals surface area (Å²) in [6.45, 7) is 3.66. The maximum absolute atomic E-state index is 3.66. The van der Waals surface area contributed by atoms with Crippen LogP contribution in [0.3, 0.4) is 0 Å². The topological polar surface area (TPSA) is 0 Å². The van der Waals surface area contributed by atoms with Crippen molar-refractivity contribution in [2.45, 2.75) is 6.42 Å². The van der Waals surface area contributed by atoms with Crippen molar-refractivity contribution in [2.24, 2.45) is 0 Å². The molecule has 1 aromatic rings. The molecule has 0 saturated heterocycles. The molecule has 0 aliphatic heterocycles. The van der Waals surface area contributed by atoms with Crippen LogP contribution in [0.1, 0.15) is 8.42 Å². The minimum atomic E-state index is 0. The fourth-order valence-corrected chi connectivity index (χ4v) is 0.781. The molecule has 0 nitrogen and oxygen atoms in total. The molecule has 50 valence electrons. The molecule has 10 heavy (non-hydrogen) atoms. The summed E-state index contributed by atoms with van der Waals surface area (Å²) in [6.07, 6.45) is 2.89. The van der Waals surface area contributed by atoms with Gasteiger partial charge in [0.2, 0.25) is 0 Å². The quantitative estimate of drug-likeness (QED) is 0.563. The summed E-state index contributed by atoms with van der Waals surface area (Å²) in [5.74, 6) is 0. The molecule has 0 amide bonds. The van der Waals surface area contributed by atoms with Crippen LogP contribution in [0.2, 0.25) is 0 Å². The van der Waals surface area contributed by atoms with Crippen LogP contribution in [-0.2, 0) is 6.42 Å². The monoisotopic (exact) mass is 258 g/mol. The van der Waals surface area contributed by atoms with Crippen molar-refractivity contribution in [3.05, 3.63) is 48.6 Å². The van der Waals surface area contributed by atoms with Gasteiger partial charge in [0, 0.05) is 0 Å². The third-order valence-electron chi connectivity index (χ3n) is 1.22. The summed E-state index contributed by atoms with van der Waals surface area (Å²) in [7, 11) is 0. The third-order valence-corrected chi connectivity index (χ3v) is 1.22. The first kappa shape index (κ1) is 10.5. The molecule has 0 fully saturated rings. The van der Waals surface area contributed by atoms with Crippen molar-refractivity contribution in [2.75, 3.05) is 0 Å². The Hall–Kier alpha value is 0.531. The van der Waals surface area contributed by atoms with Crippen molar-refractivity contribution >= 4 is 48.9 Å². The van der Waals surface area contributed by atoms with Crippen molar-refractivity contribution in [3.8, 4) is 0 Å². The van der Waals surface area contributed by atoms with Gasteiger partial charge in [0.1, 0.15) is 0 Å². The van der Waals surface area contributed by atoms with Crippen LogP contribution in [0, 0.1) is 0 Å². The molecule has 0 saturated carbocycles. The minimum Gasteiger partial charge on any atom is -1.00 e. The van der Waals surface area contributed by atoms with E-state index in [9.17, 15) is 0 Å². The molecule has 0 spiro atoms. The van der Waals surface area contributed by atoms with Gasteiger partial charge in [-0.05, 0) is 12.0 Å². The van der Waals surface area contributed by atoms with E-state index >= 15 is 0 Å². The molecule has 0 aliphatic rings. The fraction of sp³-hybridized carbons (Fsp3) is 0.111. The molecule has 0 heterocycles. The van der Waals surface area contributed by atoms with Crippen molar-refractivity contribution in [3.63, 3.8) is 0 Å². The molecule has 0 aromatic heterocycles. The molecule has 0 radical (unpaired) electrons. The minimum absolute atomic E-state index is 0. The first-order valence-corrected chi connectivity index (χ1v) is 3.08. The van der Waals surface area contributed by atoms with Crippen LogP contribution in [0.5, 0.6) is 0 Å². The molecule has 0 N–H and O–H groups in total. The van der Waals surface area contributed by atoms with Gasteiger partial charge in [0.05, 0.1) is 0 Å². The molecule has 1 aromatic carbocycles. The van der Waals surface area contributed by atoms with E-state index in [1.54, 1.807) is 0 Å². The Labute approximate surface area is 105 Å². The second-order valence-corrected chi connectivity index (χ2v) is 1.98. The third kappa shape index (κ3) is 3.64. The standard InChI is InChI=1S/C9H10.Ba.2H/c1-2-6-9-7-4-3-5-8-9;;;/h2-5,7-8H,1,6H2;;;/q;+2;2*-1. The second kappa shape index (κ2) is 6.25. The predicted molar refractivity (Wildman–Crippen MR) is 48.3 cm³/mol. The Morgan fingerprint density at radius 1 is 1.30 bits per heavy atom. The molecule has 0 unspecified atom stereocenters. The van der Waals surface area contributed by atoms with Crippen LogP contribution in [-0.4, -0.2) is 48.9 Å². The van der Waals surface area contributed by atoms with E-state index in [-0.39, 0.29) is 51.7 Å². The number of benzene rings is 1. The van der Waals surface area contributed by atoms with Gasteiger partial charge < -0.3 is 2.85 Å². The predicted octanol–water partition coefficient (Wildman–Crippen LogP) is 2.26. The number of allylic oxidation sites excluding steroid dienone is 1. The van der Waals surface area contributed by atoms with Crippen LogP contribution in [0.25, 0.3) is 0 Å². The Kier molecular flexibility index (Phi) is 6.59. The SMILES string of the molecule is C=CCc1ccccc1.[Ba+2].[H-].[H-]. The van der Waals surface area contributed by atoms with Gasteiger partial charge in [-0.3, -0.25) is 0 Å². The first-order valence-electron chi connectivity index (χ1n) is 3.08. The summed E-state index contributed by atoms with van der Waals surface area (Å²) in [5.41, 5.74) is 1.33. The van der Waals surface area contributed by atoms with Gasteiger partial charge in [-0.1, -0.05) is 36.4 Å².